The van der Waals surface area contributed by atoms with Crippen molar-refractivity contribution in [1.29, 1.82) is 0 Å². The second-order valence-electron chi connectivity index (χ2n) is 5.49. The molecule has 1 amide bonds. The molecule has 1 aliphatic rings. The number of carbonyl (C=O) groups excluding carboxylic acids is 1. The van der Waals surface area contributed by atoms with E-state index in [2.05, 4.69) is 0 Å². The van der Waals surface area contributed by atoms with Crippen LogP contribution in [0.4, 0.5) is 24.5 Å². The van der Waals surface area contributed by atoms with Gasteiger partial charge in [-0.1, -0.05) is 12.1 Å². The van der Waals surface area contributed by atoms with E-state index in [1.165, 1.54) is 29.2 Å². The third-order valence-corrected chi connectivity index (χ3v) is 3.97. The zero-order valence-electron chi connectivity index (χ0n) is 12.5. The first kappa shape index (κ1) is 15.4. The summed E-state index contributed by atoms with van der Waals surface area (Å²) in [5.74, 6) is -2.85. The Morgan fingerprint density at radius 3 is 2.65 bits per heavy atom. The van der Waals surface area contributed by atoms with Gasteiger partial charge in [-0.15, -0.1) is 0 Å². The van der Waals surface area contributed by atoms with Gasteiger partial charge in [0.15, 0.2) is 11.6 Å². The molecule has 6 heteroatoms. The number of nitrogens with zero attached hydrogens (tertiary/aromatic N) is 2. The number of likely N-dealkylation sites (N-methyl/N-ethyl adjacent to an activating group) is 1. The summed E-state index contributed by atoms with van der Waals surface area (Å²) >= 11 is 0. The number of hydrogen-bond donors (Lipinski definition) is 0. The highest BCUT2D eigenvalue weighted by Crippen LogP contribution is 2.33. The van der Waals surface area contributed by atoms with Gasteiger partial charge < -0.3 is 9.80 Å². The monoisotopic (exact) mass is 320 g/mol. The van der Waals surface area contributed by atoms with Gasteiger partial charge in [-0.3, -0.25) is 4.79 Å². The summed E-state index contributed by atoms with van der Waals surface area (Å²) in [5.41, 5.74) is 1.16. The van der Waals surface area contributed by atoms with E-state index in [1.807, 2.05) is 11.9 Å². The van der Waals surface area contributed by atoms with Crippen LogP contribution in [0.15, 0.2) is 36.4 Å². The largest absolute Gasteiger partial charge is 0.371 e. The Kier molecular flexibility index (Phi) is 3.98. The number of halogens is 3. The molecule has 3 rings (SSSR count). The van der Waals surface area contributed by atoms with Gasteiger partial charge in [-0.2, -0.15) is 0 Å². The summed E-state index contributed by atoms with van der Waals surface area (Å²) in [5, 5.41) is 0. The Bertz CT molecular complexity index is 763. The molecule has 3 nitrogen and oxygen atoms in total. The maximum absolute atomic E-state index is 13.7. The van der Waals surface area contributed by atoms with Crippen LogP contribution in [0, 0.1) is 17.5 Å². The van der Waals surface area contributed by atoms with Gasteiger partial charge in [-0.05, 0) is 24.3 Å². The predicted molar refractivity (Wildman–Crippen MR) is 82.1 cm³/mol. The highest BCUT2D eigenvalue weighted by atomic mass is 19.2. The van der Waals surface area contributed by atoms with Crippen molar-refractivity contribution in [3.63, 3.8) is 0 Å². The minimum absolute atomic E-state index is 0.00752. The van der Waals surface area contributed by atoms with E-state index in [0.717, 1.165) is 11.8 Å². The zero-order valence-corrected chi connectivity index (χ0v) is 12.5. The number of hydrogen-bond acceptors (Lipinski definition) is 2. The number of rotatable bonds is 2. The smallest absolute Gasteiger partial charge is 0.231 e. The van der Waals surface area contributed by atoms with E-state index in [4.69, 9.17) is 0 Å². The van der Waals surface area contributed by atoms with Gasteiger partial charge >= 0.3 is 0 Å². The van der Waals surface area contributed by atoms with Crippen molar-refractivity contribution in [2.24, 2.45) is 0 Å². The van der Waals surface area contributed by atoms with Crippen molar-refractivity contribution in [2.75, 3.05) is 29.9 Å². The Morgan fingerprint density at radius 2 is 1.87 bits per heavy atom. The fourth-order valence-electron chi connectivity index (χ4n) is 2.73. The molecule has 0 saturated carbocycles. The van der Waals surface area contributed by atoms with Gasteiger partial charge in [0.1, 0.15) is 5.82 Å². The molecule has 0 atom stereocenters. The molecule has 2 aromatic carbocycles. The normalized spacial score (nSPS) is 13.9. The average molecular weight is 320 g/mol. The van der Waals surface area contributed by atoms with Gasteiger partial charge in [0.2, 0.25) is 5.91 Å². The molecule has 23 heavy (non-hydrogen) atoms. The van der Waals surface area contributed by atoms with E-state index < -0.39 is 23.4 Å². The van der Waals surface area contributed by atoms with E-state index in [1.54, 1.807) is 6.07 Å². The number of amides is 1. The summed E-state index contributed by atoms with van der Waals surface area (Å²) in [7, 11) is 1.85. The molecule has 2 aromatic rings. The number of carbonyl (C=O) groups is 1. The van der Waals surface area contributed by atoms with Gasteiger partial charge in [-0.25, -0.2) is 13.2 Å². The number of fused-ring (bicyclic) bond motifs is 1. The van der Waals surface area contributed by atoms with Gasteiger partial charge in [0.05, 0.1) is 17.8 Å². The van der Waals surface area contributed by atoms with Crippen molar-refractivity contribution in [3.05, 3.63) is 59.4 Å². The lowest BCUT2D eigenvalue weighted by molar-refractivity contribution is -0.118. The third kappa shape index (κ3) is 2.88. The lowest BCUT2D eigenvalue weighted by Gasteiger charge is -2.35. The summed E-state index contributed by atoms with van der Waals surface area (Å²) in [6, 6.07) is 7.95. The second kappa shape index (κ2) is 5.95. The molecule has 0 aliphatic carbocycles. The van der Waals surface area contributed by atoms with Gasteiger partial charge in [0, 0.05) is 25.7 Å². The molecule has 0 fully saturated rings. The highest BCUT2D eigenvalue weighted by Gasteiger charge is 2.26. The molecular formula is C17H15F3N2O. The van der Waals surface area contributed by atoms with Crippen LogP contribution in [-0.2, 0) is 11.2 Å². The predicted octanol–water partition coefficient (Wildman–Crippen LogP) is 3.13. The molecule has 1 aliphatic heterocycles. The van der Waals surface area contributed by atoms with Crippen LogP contribution >= 0.6 is 0 Å². The molecule has 120 valence electrons. The SMILES string of the molecule is CN1CCN(C(=O)Cc2cccc(F)c2F)c2cc(F)ccc21. The summed E-state index contributed by atoms with van der Waals surface area (Å²) in [6.07, 6.45) is -0.275. The van der Waals surface area contributed by atoms with Crippen molar-refractivity contribution >= 4 is 17.3 Å². The standard InChI is InChI=1S/C17H15F3N2O/c1-21-7-8-22(15-10-12(18)5-6-14(15)21)16(23)9-11-3-2-4-13(19)17(11)20/h2-6,10H,7-9H2,1H3. The van der Waals surface area contributed by atoms with E-state index in [-0.39, 0.29) is 12.0 Å². The molecule has 0 N–H and O–H groups in total. The number of benzene rings is 2. The van der Waals surface area contributed by atoms with Gasteiger partial charge in [0.25, 0.3) is 0 Å². The number of anilines is 2. The first-order chi connectivity index (χ1) is 11.0. The molecular weight excluding hydrogens is 305 g/mol. The highest BCUT2D eigenvalue weighted by molar-refractivity contribution is 5.98. The second-order valence-corrected chi connectivity index (χ2v) is 5.49. The molecule has 0 bridgehead atoms. The Morgan fingerprint density at radius 1 is 1.09 bits per heavy atom. The molecule has 0 spiro atoms. The summed E-state index contributed by atoms with van der Waals surface area (Å²) < 4.78 is 40.5. The van der Waals surface area contributed by atoms with Crippen molar-refractivity contribution < 1.29 is 18.0 Å². The molecule has 0 saturated heterocycles. The van der Waals surface area contributed by atoms with Crippen molar-refractivity contribution in [1.82, 2.24) is 0 Å². The zero-order chi connectivity index (χ0) is 16.6. The van der Waals surface area contributed by atoms with Crippen LogP contribution in [0.2, 0.25) is 0 Å². The minimum atomic E-state index is -1.02. The molecule has 0 unspecified atom stereocenters. The van der Waals surface area contributed by atoms with E-state index in [9.17, 15) is 18.0 Å². The van der Waals surface area contributed by atoms with Crippen molar-refractivity contribution in [3.8, 4) is 0 Å². The quantitative estimate of drug-likeness (QED) is 0.849. The third-order valence-electron chi connectivity index (χ3n) is 3.97. The lowest BCUT2D eigenvalue weighted by Crippen LogP contribution is -2.43. The molecule has 0 aromatic heterocycles. The minimum Gasteiger partial charge on any atom is -0.371 e. The summed E-state index contributed by atoms with van der Waals surface area (Å²) in [6.45, 7) is 0.943. The first-order valence-electron chi connectivity index (χ1n) is 7.21. The maximum atomic E-state index is 13.7. The topological polar surface area (TPSA) is 23.6 Å². The fourth-order valence-corrected chi connectivity index (χ4v) is 2.73. The van der Waals surface area contributed by atoms with Crippen molar-refractivity contribution in [2.45, 2.75) is 6.42 Å². The molecule has 0 radical (unpaired) electrons. The van der Waals surface area contributed by atoms with Crippen LogP contribution in [-0.4, -0.2) is 26.0 Å². The maximum Gasteiger partial charge on any atom is 0.231 e. The van der Waals surface area contributed by atoms with Crippen LogP contribution in [0.1, 0.15) is 5.56 Å². The van der Waals surface area contributed by atoms with E-state index >= 15 is 0 Å². The van der Waals surface area contributed by atoms with Crippen LogP contribution < -0.4 is 9.80 Å². The molecule has 1 heterocycles. The van der Waals surface area contributed by atoms with Crippen LogP contribution in [0.3, 0.4) is 0 Å². The lowest BCUT2D eigenvalue weighted by atomic mass is 10.1. The van der Waals surface area contributed by atoms with Crippen LogP contribution in [0.5, 0.6) is 0 Å². The van der Waals surface area contributed by atoms with Crippen LogP contribution in [0.25, 0.3) is 0 Å². The Labute approximate surface area is 131 Å². The Balaban J connectivity index is 1.90. The Hall–Kier alpha value is -2.50. The summed E-state index contributed by atoms with van der Waals surface area (Å²) in [4.78, 5) is 15.8. The fraction of sp³-hybridized carbons (Fsp3) is 0.235. The van der Waals surface area contributed by atoms with E-state index in [0.29, 0.717) is 18.8 Å². The average Bonchev–Trinajstić information content (AvgIpc) is 2.52. The first-order valence-corrected chi connectivity index (χ1v) is 7.21.